The summed E-state index contributed by atoms with van der Waals surface area (Å²) in [6.45, 7) is 3.22. The Bertz CT molecular complexity index is 275. The number of hydrogen-bond donors (Lipinski definition) is 0. The van der Waals surface area contributed by atoms with Crippen LogP contribution in [0.15, 0.2) is 18.7 Å². The normalized spacial score (nSPS) is 10.1. The molecule has 0 unspecified atom stereocenters. The largest absolute Gasteiger partial charge is 0.381 e. The highest BCUT2D eigenvalue weighted by molar-refractivity contribution is 5.95. The van der Waals surface area contributed by atoms with Crippen molar-refractivity contribution in [2.75, 3.05) is 13.2 Å². The second kappa shape index (κ2) is 6.21. The summed E-state index contributed by atoms with van der Waals surface area (Å²) >= 11 is 0. The van der Waals surface area contributed by atoms with E-state index in [0.29, 0.717) is 25.2 Å². The van der Waals surface area contributed by atoms with Crippen molar-refractivity contribution in [2.45, 2.75) is 19.8 Å². The van der Waals surface area contributed by atoms with Gasteiger partial charge in [0, 0.05) is 25.4 Å². The Morgan fingerprint density at radius 3 is 2.71 bits per heavy atom. The van der Waals surface area contributed by atoms with E-state index in [4.69, 9.17) is 4.74 Å². The summed E-state index contributed by atoms with van der Waals surface area (Å²) in [6, 6.07) is 0. The first kappa shape index (κ1) is 10.8. The number of ether oxygens (including phenoxy) is 1. The van der Waals surface area contributed by atoms with Crippen molar-refractivity contribution < 1.29 is 9.53 Å². The number of carbonyl (C=O) groups excluding carboxylic acids is 1. The van der Waals surface area contributed by atoms with Gasteiger partial charge in [-0.1, -0.05) is 6.92 Å². The van der Waals surface area contributed by atoms with Crippen molar-refractivity contribution in [3.05, 3.63) is 24.3 Å². The van der Waals surface area contributed by atoms with E-state index in [1.54, 1.807) is 0 Å². The van der Waals surface area contributed by atoms with Crippen LogP contribution >= 0.6 is 0 Å². The molecule has 0 aromatic carbocycles. The Labute approximate surface area is 83.3 Å². The van der Waals surface area contributed by atoms with Crippen molar-refractivity contribution in [1.82, 2.24) is 9.97 Å². The molecule has 14 heavy (non-hydrogen) atoms. The predicted octanol–water partition coefficient (Wildman–Crippen LogP) is 1.48. The van der Waals surface area contributed by atoms with Crippen molar-refractivity contribution in [3.8, 4) is 0 Å². The van der Waals surface area contributed by atoms with Crippen LogP contribution < -0.4 is 0 Å². The molecule has 0 aliphatic carbocycles. The lowest BCUT2D eigenvalue weighted by atomic mass is 10.2. The highest BCUT2D eigenvalue weighted by Crippen LogP contribution is 1.99. The molecule has 0 saturated carbocycles. The molecule has 0 saturated heterocycles. The van der Waals surface area contributed by atoms with Crippen LogP contribution in [0.5, 0.6) is 0 Å². The van der Waals surface area contributed by atoms with E-state index in [1.807, 2.05) is 6.92 Å². The summed E-state index contributed by atoms with van der Waals surface area (Å²) in [6.07, 6.45) is 5.82. The zero-order valence-electron chi connectivity index (χ0n) is 8.27. The summed E-state index contributed by atoms with van der Waals surface area (Å²) < 4.78 is 5.21. The van der Waals surface area contributed by atoms with E-state index in [1.165, 1.54) is 18.7 Å². The highest BCUT2D eigenvalue weighted by Gasteiger charge is 2.04. The number of rotatable bonds is 6. The van der Waals surface area contributed by atoms with E-state index in [9.17, 15) is 4.79 Å². The van der Waals surface area contributed by atoms with Crippen molar-refractivity contribution >= 4 is 5.78 Å². The molecule has 0 radical (unpaired) electrons. The van der Waals surface area contributed by atoms with Gasteiger partial charge in [0.15, 0.2) is 5.78 Å². The molecule has 0 aliphatic rings. The summed E-state index contributed by atoms with van der Waals surface area (Å²) in [4.78, 5) is 19.0. The molecule has 1 aromatic heterocycles. The fourth-order valence-corrected chi connectivity index (χ4v) is 0.999. The highest BCUT2D eigenvalue weighted by atomic mass is 16.5. The first-order valence-corrected chi connectivity index (χ1v) is 4.70. The van der Waals surface area contributed by atoms with Gasteiger partial charge in [0.2, 0.25) is 0 Å². The molecule has 0 fully saturated rings. The van der Waals surface area contributed by atoms with E-state index < -0.39 is 0 Å². The maximum atomic E-state index is 11.4. The van der Waals surface area contributed by atoms with Gasteiger partial charge >= 0.3 is 0 Å². The van der Waals surface area contributed by atoms with Gasteiger partial charge in [-0.3, -0.25) is 4.79 Å². The molecule has 4 nitrogen and oxygen atoms in total. The lowest BCUT2D eigenvalue weighted by molar-refractivity contribution is 0.0878. The van der Waals surface area contributed by atoms with E-state index in [0.717, 1.165) is 6.42 Å². The van der Waals surface area contributed by atoms with Crippen LogP contribution in [-0.4, -0.2) is 29.0 Å². The van der Waals surface area contributed by atoms with Crippen molar-refractivity contribution in [3.63, 3.8) is 0 Å². The number of aromatic nitrogens is 2. The molecule has 76 valence electrons. The summed E-state index contributed by atoms with van der Waals surface area (Å²) in [7, 11) is 0. The van der Waals surface area contributed by atoms with E-state index in [2.05, 4.69) is 9.97 Å². The van der Waals surface area contributed by atoms with Gasteiger partial charge in [-0.15, -0.1) is 0 Å². The Balaban J connectivity index is 2.29. The van der Waals surface area contributed by atoms with Gasteiger partial charge in [-0.2, -0.15) is 0 Å². The standard InChI is InChI=1S/C10H14N2O2/c1-2-4-14-5-3-10(13)9-6-11-8-12-7-9/h6-8H,2-5H2,1H3. The maximum Gasteiger partial charge on any atom is 0.168 e. The van der Waals surface area contributed by atoms with Gasteiger partial charge in [-0.25, -0.2) is 9.97 Å². The monoisotopic (exact) mass is 194 g/mol. The molecule has 0 bridgehead atoms. The lowest BCUT2D eigenvalue weighted by Gasteiger charge is -2.01. The second-order valence-electron chi connectivity index (χ2n) is 2.91. The Hall–Kier alpha value is -1.29. The van der Waals surface area contributed by atoms with Crippen molar-refractivity contribution in [1.29, 1.82) is 0 Å². The molecule has 0 spiro atoms. The minimum atomic E-state index is 0.0294. The number of hydrogen-bond acceptors (Lipinski definition) is 4. The molecular weight excluding hydrogens is 180 g/mol. The summed E-state index contributed by atoms with van der Waals surface area (Å²) in [5.74, 6) is 0.0294. The predicted molar refractivity (Wildman–Crippen MR) is 52.1 cm³/mol. The quantitative estimate of drug-likeness (QED) is 0.508. The number of nitrogens with zero attached hydrogens (tertiary/aromatic N) is 2. The van der Waals surface area contributed by atoms with E-state index >= 15 is 0 Å². The minimum absolute atomic E-state index is 0.0294. The second-order valence-corrected chi connectivity index (χ2v) is 2.91. The van der Waals surface area contributed by atoms with Crippen LogP contribution in [0, 0.1) is 0 Å². The first-order valence-electron chi connectivity index (χ1n) is 4.70. The van der Waals surface area contributed by atoms with Gasteiger partial charge in [0.25, 0.3) is 0 Å². The number of Topliss-reactive ketones (excluding diaryl/α,β-unsaturated/α-hetero) is 1. The Morgan fingerprint density at radius 1 is 1.36 bits per heavy atom. The van der Waals surface area contributed by atoms with Crippen LogP contribution in [-0.2, 0) is 4.74 Å². The third-order valence-corrected chi connectivity index (χ3v) is 1.70. The third-order valence-electron chi connectivity index (χ3n) is 1.70. The summed E-state index contributed by atoms with van der Waals surface area (Å²) in [5.41, 5.74) is 0.549. The Morgan fingerprint density at radius 2 is 2.07 bits per heavy atom. The van der Waals surface area contributed by atoms with Gasteiger partial charge in [0.1, 0.15) is 6.33 Å². The van der Waals surface area contributed by atoms with Crippen LogP contribution in [0.4, 0.5) is 0 Å². The molecule has 0 amide bonds. The average Bonchev–Trinajstić information content (AvgIpc) is 2.25. The van der Waals surface area contributed by atoms with Gasteiger partial charge in [-0.05, 0) is 6.42 Å². The van der Waals surface area contributed by atoms with Crippen LogP contribution in [0.3, 0.4) is 0 Å². The van der Waals surface area contributed by atoms with Gasteiger partial charge in [0.05, 0.1) is 12.2 Å². The topological polar surface area (TPSA) is 52.1 Å². The molecular formula is C10H14N2O2. The molecule has 1 heterocycles. The number of carbonyl (C=O) groups is 1. The SMILES string of the molecule is CCCOCCC(=O)c1cncnc1. The molecule has 1 rings (SSSR count). The fourth-order valence-electron chi connectivity index (χ4n) is 0.999. The molecule has 1 aromatic rings. The average molecular weight is 194 g/mol. The third kappa shape index (κ3) is 3.62. The molecule has 0 N–H and O–H groups in total. The first-order chi connectivity index (χ1) is 6.84. The van der Waals surface area contributed by atoms with Gasteiger partial charge < -0.3 is 4.74 Å². The Kier molecular flexibility index (Phi) is 4.78. The summed E-state index contributed by atoms with van der Waals surface area (Å²) in [5, 5.41) is 0. The minimum Gasteiger partial charge on any atom is -0.381 e. The van der Waals surface area contributed by atoms with Crippen LogP contribution in [0.25, 0.3) is 0 Å². The van der Waals surface area contributed by atoms with Crippen molar-refractivity contribution in [2.24, 2.45) is 0 Å². The fraction of sp³-hybridized carbons (Fsp3) is 0.500. The zero-order chi connectivity index (χ0) is 10.2. The molecule has 4 heteroatoms. The molecule has 0 atom stereocenters. The van der Waals surface area contributed by atoms with Crippen LogP contribution in [0.2, 0.25) is 0 Å². The van der Waals surface area contributed by atoms with E-state index in [-0.39, 0.29) is 5.78 Å². The maximum absolute atomic E-state index is 11.4. The molecule has 0 aliphatic heterocycles. The zero-order valence-corrected chi connectivity index (χ0v) is 8.27. The van der Waals surface area contributed by atoms with Crippen LogP contribution in [0.1, 0.15) is 30.1 Å². The smallest absolute Gasteiger partial charge is 0.168 e. The lowest BCUT2D eigenvalue weighted by Crippen LogP contribution is -2.05. The number of ketones is 1.